The minimum Gasteiger partial charge on any atom is -0.292 e. The quantitative estimate of drug-likeness (QED) is 0.266. The van der Waals surface area contributed by atoms with E-state index >= 15 is 0 Å². The maximum atomic E-state index is 13.8. The summed E-state index contributed by atoms with van der Waals surface area (Å²) in [7, 11) is 0. The number of halogens is 3. The van der Waals surface area contributed by atoms with Gasteiger partial charge in [0.25, 0.3) is 17.7 Å². The van der Waals surface area contributed by atoms with Gasteiger partial charge in [-0.05, 0) is 44.2 Å². The van der Waals surface area contributed by atoms with Gasteiger partial charge in [-0.2, -0.15) is 5.01 Å². The second kappa shape index (κ2) is 9.12. The SMILES string of the molecule is Cc1ccc(C(=O)[C@H](C)N(C(=O)c2ccccc2Cl)N2C(=O)[C@@H]3[C@H]4C[C@@H]([C@H](Br)[C@H]4Br)[C@H]3C2=O)cc1. The summed E-state index contributed by atoms with van der Waals surface area (Å²) in [5, 5.41) is 2.14. The van der Waals surface area contributed by atoms with Crippen molar-refractivity contribution in [2.45, 2.75) is 36.0 Å². The van der Waals surface area contributed by atoms with E-state index < -0.39 is 35.6 Å². The molecule has 182 valence electrons. The van der Waals surface area contributed by atoms with E-state index in [1.807, 2.05) is 6.92 Å². The van der Waals surface area contributed by atoms with E-state index in [1.165, 1.54) is 6.07 Å². The first kappa shape index (κ1) is 24.7. The van der Waals surface area contributed by atoms with Crippen LogP contribution in [-0.2, 0) is 9.59 Å². The van der Waals surface area contributed by atoms with E-state index in [1.54, 1.807) is 49.4 Å². The minimum absolute atomic E-state index is 0.0174. The van der Waals surface area contributed by atoms with Crippen LogP contribution >= 0.6 is 43.5 Å². The lowest BCUT2D eigenvalue weighted by atomic mass is 9.81. The molecule has 35 heavy (non-hydrogen) atoms. The van der Waals surface area contributed by atoms with Crippen LogP contribution in [0.3, 0.4) is 0 Å². The van der Waals surface area contributed by atoms with Crippen LogP contribution in [0.25, 0.3) is 0 Å². The zero-order valence-corrected chi connectivity index (χ0v) is 23.0. The number of nitrogens with zero attached hydrogens (tertiary/aromatic N) is 2. The molecule has 2 aliphatic carbocycles. The first-order valence-electron chi connectivity index (χ1n) is 11.5. The van der Waals surface area contributed by atoms with Gasteiger partial charge >= 0.3 is 0 Å². The summed E-state index contributed by atoms with van der Waals surface area (Å²) in [5.41, 5.74) is 1.50. The molecule has 1 aliphatic heterocycles. The van der Waals surface area contributed by atoms with E-state index in [0.29, 0.717) is 5.56 Å². The van der Waals surface area contributed by atoms with Crippen LogP contribution < -0.4 is 0 Å². The molecule has 2 aromatic carbocycles. The third-order valence-corrected chi connectivity index (χ3v) is 11.1. The van der Waals surface area contributed by atoms with Crippen molar-refractivity contribution in [2.75, 3.05) is 0 Å². The van der Waals surface area contributed by atoms with Crippen LogP contribution in [0.5, 0.6) is 0 Å². The van der Waals surface area contributed by atoms with Crippen molar-refractivity contribution in [2.24, 2.45) is 23.7 Å². The summed E-state index contributed by atoms with van der Waals surface area (Å²) in [6.07, 6.45) is 0.767. The van der Waals surface area contributed by atoms with Gasteiger partial charge in [0.15, 0.2) is 5.78 Å². The molecule has 9 heteroatoms. The fourth-order valence-electron chi connectivity index (χ4n) is 5.81. The molecule has 2 aromatic rings. The van der Waals surface area contributed by atoms with Crippen molar-refractivity contribution < 1.29 is 19.2 Å². The van der Waals surface area contributed by atoms with Gasteiger partial charge in [0.1, 0.15) is 6.04 Å². The standard InChI is InChI=1S/C26H23Br2ClN2O4/c1-12-7-9-14(10-8-12)23(32)13(2)30(24(33)15-5-3-4-6-18(15)29)31-25(34)19-16-11-17(20(19)26(31)35)22(28)21(16)27/h3-10,13,16-17,19-22H,11H2,1-2H3/t13-,16+,17+,19+,20+,21-,22-/m0/s1. The monoisotopic (exact) mass is 620 g/mol. The Hall–Kier alpha value is -2.03. The number of ketones is 1. The molecule has 5 rings (SSSR count). The van der Waals surface area contributed by atoms with E-state index in [-0.39, 0.29) is 37.9 Å². The molecule has 1 heterocycles. The predicted octanol–water partition coefficient (Wildman–Crippen LogP) is 5.05. The summed E-state index contributed by atoms with van der Waals surface area (Å²) in [5.74, 6) is -2.97. The number of carbonyl (C=O) groups excluding carboxylic acids is 4. The number of hydrazine groups is 1. The number of benzene rings is 2. The van der Waals surface area contributed by atoms with Crippen molar-refractivity contribution in [3.63, 3.8) is 0 Å². The number of alkyl halides is 2. The maximum absolute atomic E-state index is 13.8. The molecular weight excluding hydrogens is 600 g/mol. The molecule has 3 amide bonds. The van der Waals surface area contributed by atoms with Crippen molar-refractivity contribution in [3.8, 4) is 0 Å². The highest BCUT2D eigenvalue weighted by molar-refractivity contribution is 9.12. The van der Waals surface area contributed by atoms with Crippen molar-refractivity contribution in [3.05, 3.63) is 70.2 Å². The molecule has 0 unspecified atom stereocenters. The van der Waals surface area contributed by atoms with E-state index in [2.05, 4.69) is 31.9 Å². The van der Waals surface area contributed by atoms with Gasteiger partial charge in [-0.3, -0.25) is 19.2 Å². The first-order chi connectivity index (χ1) is 16.6. The van der Waals surface area contributed by atoms with Gasteiger partial charge in [-0.25, -0.2) is 5.01 Å². The fourth-order valence-corrected chi connectivity index (χ4v) is 7.90. The van der Waals surface area contributed by atoms with E-state index in [4.69, 9.17) is 11.6 Å². The molecule has 7 atom stereocenters. The van der Waals surface area contributed by atoms with Crippen molar-refractivity contribution in [1.82, 2.24) is 10.0 Å². The molecule has 0 radical (unpaired) electrons. The number of aryl methyl sites for hydroxylation is 1. The molecular formula is C26H23Br2ClN2O4. The van der Waals surface area contributed by atoms with Crippen LogP contribution in [0.2, 0.25) is 5.02 Å². The van der Waals surface area contributed by atoms with Gasteiger partial charge in [-0.1, -0.05) is 85.4 Å². The number of hydrogen-bond acceptors (Lipinski definition) is 4. The van der Waals surface area contributed by atoms with Gasteiger partial charge in [0, 0.05) is 15.2 Å². The number of hydrogen-bond donors (Lipinski definition) is 0. The summed E-state index contributed by atoms with van der Waals surface area (Å²) < 4.78 is 0. The van der Waals surface area contributed by atoms with Gasteiger partial charge in [0.2, 0.25) is 0 Å². The van der Waals surface area contributed by atoms with Crippen molar-refractivity contribution in [1.29, 1.82) is 0 Å². The van der Waals surface area contributed by atoms with Crippen molar-refractivity contribution >= 4 is 67.0 Å². The number of fused-ring (bicyclic) bond motifs is 5. The Balaban J connectivity index is 1.56. The average molecular weight is 623 g/mol. The first-order valence-corrected chi connectivity index (χ1v) is 13.7. The largest absolute Gasteiger partial charge is 0.292 e. The molecule has 0 spiro atoms. The van der Waals surface area contributed by atoms with Crippen LogP contribution in [0.1, 0.15) is 39.6 Å². The average Bonchev–Trinajstić information content (AvgIpc) is 3.45. The lowest BCUT2D eigenvalue weighted by Gasteiger charge is -2.35. The Morgan fingerprint density at radius 2 is 1.51 bits per heavy atom. The second-order valence-corrected chi connectivity index (χ2v) is 12.0. The number of carbonyl (C=O) groups is 4. The lowest BCUT2D eigenvalue weighted by Crippen LogP contribution is -2.57. The highest BCUT2D eigenvalue weighted by Gasteiger charge is 2.68. The molecule has 3 fully saturated rings. The van der Waals surface area contributed by atoms with Gasteiger partial charge < -0.3 is 0 Å². The van der Waals surface area contributed by atoms with Crippen LogP contribution in [0.15, 0.2) is 48.5 Å². The molecule has 6 nitrogen and oxygen atoms in total. The normalized spacial score (nSPS) is 29.9. The Morgan fingerprint density at radius 1 is 0.971 bits per heavy atom. The maximum Gasteiger partial charge on any atom is 0.275 e. The smallest absolute Gasteiger partial charge is 0.275 e. The Morgan fingerprint density at radius 3 is 2.06 bits per heavy atom. The van der Waals surface area contributed by atoms with Crippen LogP contribution in [-0.4, -0.2) is 49.2 Å². The number of rotatable bonds is 5. The summed E-state index contributed by atoms with van der Waals surface area (Å²) in [6.45, 7) is 3.45. The number of imide groups is 1. The topological polar surface area (TPSA) is 74.8 Å². The molecule has 1 saturated heterocycles. The second-order valence-electron chi connectivity index (χ2n) is 9.53. The third-order valence-electron chi connectivity index (χ3n) is 7.57. The van der Waals surface area contributed by atoms with Gasteiger partial charge in [0.05, 0.1) is 22.4 Å². The Kier molecular flexibility index (Phi) is 6.43. The molecule has 0 N–H and O–H groups in total. The number of amides is 3. The van der Waals surface area contributed by atoms with Crippen LogP contribution in [0, 0.1) is 30.6 Å². The molecule has 2 bridgehead atoms. The fraction of sp³-hybridized carbons (Fsp3) is 0.385. The summed E-state index contributed by atoms with van der Waals surface area (Å²) in [6, 6.07) is 12.3. The van der Waals surface area contributed by atoms with Gasteiger partial charge in [-0.15, -0.1) is 0 Å². The molecule has 2 saturated carbocycles. The highest BCUT2D eigenvalue weighted by atomic mass is 79.9. The highest BCUT2D eigenvalue weighted by Crippen LogP contribution is 2.60. The summed E-state index contributed by atoms with van der Waals surface area (Å²) >= 11 is 13.7. The minimum atomic E-state index is -1.11. The Labute approximate surface area is 225 Å². The lowest BCUT2D eigenvalue weighted by molar-refractivity contribution is -0.157. The van der Waals surface area contributed by atoms with E-state index in [0.717, 1.165) is 22.0 Å². The summed E-state index contributed by atoms with van der Waals surface area (Å²) in [4.78, 5) is 54.9. The van der Waals surface area contributed by atoms with E-state index in [9.17, 15) is 19.2 Å². The molecule has 3 aliphatic rings. The Bertz CT molecular complexity index is 1200. The predicted molar refractivity (Wildman–Crippen MR) is 138 cm³/mol. The zero-order valence-electron chi connectivity index (χ0n) is 19.0. The third kappa shape index (κ3) is 3.80. The zero-order chi connectivity index (χ0) is 25.2. The number of Topliss-reactive ketones (excluding diaryl/α,β-unsaturated/α-hetero) is 1. The van der Waals surface area contributed by atoms with Crippen LogP contribution in [0.4, 0.5) is 0 Å². The molecule has 0 aromatic heterocycles.